The highest BCUT2D eigenvalue weighted by atomic mass is 16.5. The van der Waals surface area contributed by atoms with E-state index < -0.39 is 0 Å². The smallest absolute Gasteiger partial charge is 0.315 e. The Bertz CT molecular complexity index is 279. The average Bonchev–Trinajstić information content (AvgIpc) is 2.66. The summed E-state index contributed by atoms with van der Waals surface area (Å²) in [5.41, 5.74) is 1.14. The molecule has 2 nitrogen and oxygen atoms in total. The van der Waals surface area contributed by atoms with Gasteiger partial charge in [0.05, 0.1) is 6.42 Å². The molecule has 0 radical (unpaired) electrons. The molecule has 0 fully saturated rings. The minimum Gasteiger partial charge on any atom is -0.431 e. The van der Waals surface area contributed by atoms with Crippen molar-refractivity contribution < 1.29 is 9.53 Å². The van der Waals surface area contributed by atoms with Crippen LogP contribution in [0.1, 0.15) is 84.5 Å². The average molecular weight is 252 g/mol. The Morgan fingerprint density at radius 2 is 1.50 bits per heavy atom. The van der Waals surface area contributed by atoms with Crippen LogP contribution in [0.15, 0.2) is 11.3 Å². The van der Waals surface area contributed by atoms with Crippen molar-refractivity contribution in [3.05, 3.63) is 11.3 Å². The number of ether oxygens (including phenoxy) is 1. The topological polar surface area (TPSA) is 26.3 Å². The van der Waals surface area contributed by atoms with Crippen LogP contribution in [0, 0.1) is 0 Å². The van der Waals surface area contributed by atoms with Crippen LogP contribution in [0.2, 0.25) is 0 Å². The van der Waals surface area contributed by atoms with Crippen molar-refractivity contribution in [2.75, 3.05) is 0 Å². The fourth-order valence-corrected chi connectivity index (χ4v) is 2.44. The highest BCUT2D eigenvalue weighted by Crippen LogP contribution is 2.24. The van der Waals surface area contributed by atoms with Crippen molar-refractivity contribution in [2.24, 2.45) is 0 Å². The summed E-state index contributed by atoms with van der Waals surface area (Å²) in [5.74, 6) is 0.876. The largest absolute Gasteiger partial charge is 0.431 e. The first-order chi connectivity index (χ1) is 8.74. The molecule has 104 valence electrons. The maximum atomic E-state index is 11.1. The first kappa shape index (κ1) is 15.3. The number of unbranched alkanes of at least 4 members (excludes halogenated alkanes) is 8. The number of carbonyl (C=O) groups excluding carboxylic acids is 1. The zero-order valence-electron chi connectivity index (χ0n) is 12.1. The summed E-state index contributed by atoms with van der Waals surface area (Å²) in [6.07, 6.45) is 13.5. The second kappa shape index (κ2) is 9.18. The summed E-state index contributed by atoms with van der Waals surface area (Å²) >= 11 is 0. The van der Waals surface area contributed by atoms with Crippen LogP contribution in [-0.4, -0.2) is 5.97 Å². The fraction of sp³-hybridized carbons (Fsp3) is 0.812. The van der Waals surface area contributed by atoms with Crippen molar-refractivity contribution in [3.8, 4) is 0 Å². The zero-order chi connectivity index (χ0) is 13.2. The first-order valence-electron chi connectivity index (χ1n) is 7.63. The molecule has 0 aliphatic carbocycles. The molecule has 0 atom stereocenters. The Balaban J connectivity index is 1.90. The molecule has 0 saturated carbocycles. The molecule has 0 aromatic heterocycles. The number of cyclic esters (lactones) is 1. The monoisotopic (exact) mass is 252 g/mol. The van der Waals surface area contributed by atoms with E-state index >= 15 is 0 Å². The van der Waals surface area contributed by atoms with Crippen LogP contribution in [-0.2, 0) is 9.53 Å². The Labute approximate surface area is 112 Å². The second-order valence-corrected chi connectivity index (χ2v) is 5.43. The Morgan fingerprint density at radius 1 is 0.944 bits per heavy atom. The molecule has 2 heteroatoms. The van der Waals surface area contributed by atoms with E-state index in [1.165, 1.54) is 51.4 Å². The first-order valence-corrected chi connectivity index (χ1v) is 7.63. The third kappa shape index (κ3) is 6.23. The van der Waals surface area contributed by atoms with Crippen molar-refractivity contribution in [1.29, 1.82) is 0 Å². The molecule has 0 aromatic carbocycles. The molecule has 1 heterocycles. The molecule has 0 spiro atoms. The molecule has 0 amide bonds. The summed E-state index contributed by atoms with van der Waals surface area (Å²) in [6, 6.07) is 0. The van der Waals surface area contributed by atoms with Gasteiger partial charge in [0.25, 0.3) is 0 Å². The molecule has 0 N–H and O–H groups in total. The van der Waals surface area contributed by atoms with Gasteiger partial charge in [0.2, 0.25) is 0 Å². The van der Waals surface area contributed by atoms with E-state index in [1.54, 1.807) is 0 Å². The normalized spacial score (nSPS) is 15.3. The van der Waals surface area contributed by atoms with E-state index in [4.69, 9.17) is 4.74 Å². The number of rotatable bonds is 10. The third-order valence-corrected chi connectivity index (χ3v) is 3.63. The lowest BCUT2D eigenvalue weighted by Gasteiger charge is -2.04. The van der Waals surface area contributed by atoms with Crippen LogP contribution in [0.4, 0.5) is 0 Å². The lowest BCUT2D eigenvalue weighted by Crippen LogP contribution is -1.93. The second-order valence-electron chi connectivity index (χ2n) is 5.43. The van der Waals surface area contributed by atoms with Crippen LogP contribution >= 0.6 is 0 Å². The molecule has 0 unspecified atom stereocenters. The van der Waals surface area contributed by atoms with Gasteiger partial charge in [-0.25, -0.2) is 0 Å². The van der Waals surface area contributed by atoms with Gasteiger partial charge < -0.3 is 4.74 Å². The van der Waals surface area contributed by atoms with Gasteiger partial charge in [0.1, 0.15) is 5.76 Å². The van der Waals surface area contributed by atoms with Gasteiger partial charge in [-0.1, -0.05) is 58.3 Å². The van der Waals surface area contributed by atoms with Gasteiger partial charge in [-0.15, -0.1) is 0 Å². The van der Waals surface area contributed by atoms with Crippen molar-refractivity contribution in [2.45, 2.75) is 84.5 Å². The van der Waals surface area contributed by atoms with E-state index in [2.05, 4.69) is 6.92 Å². The third-order valence-electron chi connectivity index (χ3n) is 3.63. The highest BCUT2D eigenvalue weighted by molar-refractivity contribution is 5.76. The number of hydrogen-bond acceptors (Lipinski definition) is 2. The number of allylic oxidation sites excluding steroid dienone is 1. The molecule has 0 bridgehead atoms. The maximum Gasteiger partial charge on any atom is 0.315 e. The van der Waals surface area contributed by atoms with E-state index in [0.717, 1.165) is 24.2 Å². The predicted octanol–water partition coefficient (Wildman–Crippen LogP) is 5.13. The summed E-state index contributed by atoms with van der Waals surface area (Å²) < 4.78 is 5.19. The Kier molecular flexibility index (Phi) is 7.79. The summed E-state index contributed by atoms with van der Waals surface area (Å²) in [5, 5.41) is 0. The van der Waals surface area contributed by atoms with Gasteiger partial charge in [0.15, 0.2) is 0 Å². The van der Waals surface area contributed by atoms with E-state index in [1.807, 2.05) is 6.92 Å². The highest BCUT2D eigenvalue weighted by Gasteiger charge is 2.19. The van der Waals surface area contributed by atoms with Gasteiger partial charge in [-0.2, -0.15) is 0 Å². The van der Waals surface area contributed by atoms with Crippen LogP contribution < -0.4 is 0 Å². The van der Waals surface area contributed by atoms with Crippen LogP contribution in [0.3, 0.4) is 0 Å². The summed E-state index contributed by atoms with van der Waals surface area (Å²) in [7, 11) is 0. The zero-order valence-corrected chi connectivity index (χ0v) is 12.1. The molecule has 18 heavy (non-hydrogen) atoms. The number of esters is 1. The predicted molar refractivity (Wildman–Crippen MR) is 75.3 cm³/mol. The van der Waals surface area contributed by atoms with Gasteiger partial charge in [0, 0.05) is 6.42 Å². The maximum absolute atomic E-state index is 11.1. The van der Waals surface area contributed by atoms with Gasteiger partial charge in [-0.3, -0.25) is 4.79 Å². The molecule has 1 aliphatic heterocycles. The standard InChI is InChI=1S/C16H28O2/c1-3-4-5-6-7-8-9-10-11-12-15-14(2)13-16(17)18-15/h3-13H2,1-2H3. The lowest BCUT2D eigenvalue weighted by molar-refractivity contribution is -0.136. The minimum absolute atomic E-state index is 0.0709. The van der Waals surface area contributed by atoms with Gasteiger partial charge >= 0.3 is 5.97 Å². The Morgan fingerprint density at radius 3 is 2.00 bits per heavy atom. The van der Waals surface area contributed by atoms with E-state index in [9.17, 15) is 4.79 Å². The SMILES string of the molecule is CCCCCCCCCCCC1=C(C)CC(=O)O1. The lowest BCUT2D eigenvalue weighted by atomic mass is 10.1. The van der Waals surface area contributed by atoms with Crippen LogP contribution in [0.25, 0.3) is 0 Å². The van der Waals surface area contributed by atoms with E-state index in [0.29, 0.717) is 6.42 Å². The molecular weight excluding hydrogens is 224 g/mol. The quantitative estimate of drug-likeness (QED) is 0.398. The van der Waals surface area contributed by atoms with E-state index in [-0.39, 0.29) is 5.97 Å². The fourth-order valence-electron chi connectivity index (χ4n) is 2.44. The van der Waals surface area contributed by atoms with Crippen molar-refractivity contribution in [1.82, 2.24) is 0 Å². The molecule has 0 aromatic rings. The Hall–Kier alpha value is -0.790. The van der Waals surface area contributed by atoms with Crippen molar-refractivity contribution in [3.63, 3.8) is 0 Å². The molecule has 0 saturated heterocycles. The van der Waals surface area contributed by atoms with Crippen molar-refractivity contribution >= 4 is 5.97 Å². The molecule has 1 aliphatic rings. The number of hydrogen-bond donors (Lipinski definition) is 0. The minimum atomic E-state index is -0.0709. The molecular formula is C16H28O2. The number of carbonyl (C=O) groups is 1. The van der Waals surface area contributed by atoms with Gasteiger partial charge in [-0.05, 0) is 18.9 Å². The molecule has 1 rings (SSSR count). The van der Waals surface area contributed by atoms with Crippen LogP contribution in [0.5, 0.6) is 0 Å². The summed E-state index contributed by atoms with van der Waals surface area (Å²) in [4.78, 5) is 11.1. The summed E-state index contributed by atoms with van der Waals surface area (Å²) in [6.45, 7) is 4.26.